The van der Waals surface area contributed by atoms with Gasteiger partial charge in [0.2, 0.25) is 0 Å². The van der Waals surface area contributed by atoms with Gasteiger partial charge in [-0.2, -0.15) is 0 Å². The van der Waals surface area contributed by atoms with Crippen LogP contribution >= 0.6 is 0 Å². The number of carboxylic acids is 1. The van der Waals surface area contributed by atoms with Gasteiger partial charge in [0.25, 0.3) is 0 Å². The van der Waals surface area contributed by atoms with Crippen LogP contribution in [0.4, 0.5) is 0 Å². The first kappa shape index (κ1) is 10.5. The molecule has 0 heterocycles. The minimum atomic E-state index is -0.866. The molecule has 0 radical (unpaired) electrons. The number of hydrogen-bond donors (Lipinski definition) is 2. The topological polar surface area (TPSA) is 57.5 Å². The molecule has 2 N–H and O–H groups in total. The van der Waals surface area contributed by atoms with Crippen LogP contribution in [-0.4, -0.2) is 22.3 Å². The van der Waals surface area contributed by atoms with E-state index >= 15 is 0 Å². The summed E-state index contributed by atoms with van der Waals surface area (Å²) in [4.78, 5) is 10.9. The summed E-state index contributed by atoms with van der Waals surface area (Å²) in [6.45, 7) is 3.70. The second-order valence-corrected chi connectivity index (χ2v) is 4.29. The van der Waals surface area contributed by atoms with Crippen LogP contribution < -0.4 is 0 Å². The van der Waals surface area contributed by atoms with Gasteiger partial charge in [0, 0.05) is 0 Å². The third-order valence-electron chi connectivity index (χ3n) is 3.00. The van der Waals surface area contributed by atoms with Crippen molar-refractivity contribution in [1.29, 1.82) is 0 Å². The molecule has 0 spiro atoms. The van der Waals surface area contributed by atoms with Gasteiger partial charge < -0.3 is 10.2 Å². The van der Waals surface area contributed by atoms with Crippen LogP contribution in [0.5, 0.6) is 0 Å². The van der Waals surface area contributed by atoms with E-state index in [4.69, 9.17) is 5.11 Å². The van der Waals surface area contributed by atoms with Crippen LogP contribution in [0.2, 0.25) is 0 Å². The van der Waals surface area contributed by atoms with Gasteiger partial charge in [-0.1, -0.05) is 20.3 Å². The third kappa shape index (κ3) is 2.21. The smallest absolute Gasteiger partial charge is 0.309 e. The Morgan fingerprint density at radius 3 is 2.15 bits per heavy atom. The fourth-order valence-corrected chi connectivity index (χ4v) is 1.90. The third-order valence-corrected chi connectivity index (χ3v) is 3.00. The fourth-order valence-electron chi connectivity index (χ4n) is 1.90. The monoisotopic (exact) mass is 186 g/mol. The van der Waals surface area contributed by atoms with E-state index < -0.39 is 18.0 Å². The maximum absolute atomic E-state index is 10.9. The Labute approximate surface area is 78.8 Å². The van der Waals surface area contributed by atoms with Crippen LogP contribution in [0.1, 0.15) is 33.1 Å². The first-order valence-electron chi connectivity index (χ1n) is 4.95. The van der Waals surface area contributed by atoms with Crippen molar-refractivity contribution in [3.05, 3.63) is 0 Å². The molecule has 0 aromatic carbocycles. The Hall–Kier alpha value is -0.570. The summed E-state index contributed by atoms with van der Waals surface area (Å²) in [7, 11) is 0. The Balaban J connectivity index is 2.57. The Morgan fingerprint density at radius 2 is 1.92 bits per heavy atom. The minimum absolute atomic E-state index is 0.00750. The molecule has 1 saturated carbocycles. The van der Waals surface area contributed by atoms with Crippen LogP contribution in [-0.2, 0) is 4.79 Å². The molecular weight excluding hydrogens is 168 g/mol. The maximum Gasteiger partial charge on any atom is 0.309 e. The van der Waals surface area contributed by atoms with Crippen molar-refractivity contribution in [2.75, 3.05) is 0 Å². The molecule has 0 amide bonds. The molecule has 0 aromatic rings. The number of hydrogen-bond acceptors (Lipinski definition) is 2. The average Bonchev–Trinajstić information content (AvgIpc) is 1.79. The highest BCUT2D eigenvalue weighted by molar-refractivity contribution is 5.71. The van der Waals surface area contributed by atoms with Crippen LogP contribution in [0.15, 0.2) is 0 Å². The number of rotatable bonds is 4. The molecule has 2 unspecified atom stereocenters. The van der Waals surface area contributed by atoms with E-state index in [1.165, 1.54) is 0 Å². The highest BCUT2D eigenvalue weighted by Gasteiger charge is 2.37. The molecule has 3 heteroatoms. The number of aliphatic hydroxyl groups is 1. The quantitative estimate of drug-likeness (QED) is 0.699. The van der Waals surface area contributed by atoms with Crippen molar-refractivity contribution in [2.24, 2.45) is 17.8 Å². The molecule has 3 nitrogen and oxygen atoms in total. The number of aliphatic hydroxyl groups excluding tert-OH is 1. The van der Waals surface area contributed by atoms with Crippen LogP contribution in [0.25, 0.3) is 0 Å². The van der Waals surface area contributed by atoms with Gasteiger partial charge in [-0.25, -0.2) is 0 Å². The predicted molar refractivity (Wildman–Crippen MR) is 49.3 cm³/mol. The zero-order valence-electron chi connectivity index (χ0n) is 8.23. The second kappa shape index (κ2) is 4.09. The molecule has 76 valence electrons. The van der Waals surface area contributed by atoms with E-state index in [0.717, 1.165) is 19.3 Å². The Morgan fingerprint density at radius 1 is 1.38 bits per heavy atom. The summed E-state index contributed by atoms with van der Waals surface area (Å²) in [5.41, 5.74) is 0. The Bertz CT molecular complexity index is 185. The Kier molecular flexibility index (Phi) is 3.31. The molecule has 1 fully saturated rings. The van der Waals surface area contributed by atoms with E-state index in [9.17, 15) is 9.90 Å². The van der Waals surface area contributed by atoms with Gasteiger partial charge in [0.15, 0.2) is 0 Å². The first-order chi connectivity index (χ1) is 6.04. The van der Waals surface area contributed by atoms with E-state index in [-0.39, 0.29) is 11.8 Å². The summed E-state index contributed by atoms with van der Waals surface area (Å²) < 4.78 is 0. The van der Waals surface area contributed by atoms with Gasteiger partial charge >= 0.3 is 5.97 Å². The zero-order chi connectivity index (χ0) is 10.0. The number of carbonyl (C=O) groups is 1. The average molecular weight is 186 g/mol. The predicted octanol–water partition coefficient (Wildman–Crippen LogP) is 1.50. The van der Waals surface area contributed by atoms with Crippen LogP contribution in [0.3, 0.4) is 0 Å². The summed E-state index contributed by atoms with van der Waals surface area (Å²) in [5, 5.41) is 18.7. The normalized spacial score (nSPS) is 22.5. The SMILES string of the molecule is CC(C)C(C(=O)O)C(O)C1CCC1. The van der Waals surface area contributed by atoms with Crippen molar-refractivity contribution in [3.8, 4) is 0 Å². The molecule has 0 aliphatic heterocycles. The summed E-state index contributed by atoms with van der Waals surface area (Å²) in [5.74, 6) is -1.23. The van der Waals surface area contributed by atoms with Gasteiger partial charge in [-0.3, -0.25) is 4.79 Å². The lowest BCUT2D eigenvalue weighted by Crippen LogP contribution is -2.40. The lowest BCUT2D eigenvalue weighted by atomic mass is 9.74. The van der Waals surface area contributed by atoms with Crippen molar-refractivity contribution in [1.82, 2.24) is 0 Å². The van der Waals surface area contributed by atoms with Gasteiger partial charge in [0.05, 0.1) is 12.0 Å². The van der Waals surface area contributed by atoms with Crippen molar-refractivity contribution < 1.29 is 15.0 Å². The molecule has 1 aliphatic carbocycles. The molecule has 13 heavy (non-hydrogen) atoms. The molecule has 1 aliphatic rings. The molecule has 0 aromatic heterocycles. The van der Waals surface area contributed by atoms with E-state index in [0.29, 0.717) is 0 Å². The van der Waals surface area contributed by atoms with Gasteiger partial charge in [-0.05, 0) is 24.7 Å². The van der Waals surface area contributed by atoms with E-state index in [1.807, 2.05) is 13.8 Å². The summed E-state index contributed by atoms with van der Waals surface area (Å²) >= 11 is 0. The minimum Gasteiger partial charge on any atom is -0.481 e. The number of aliphatic carboxylic acids is 1. The fraction of sp³-hybridized carbons (Fsp3) is 0.900. The van der Waals surface area contributed by atoms with Crippen molar-refractivity contribution in [2.45, 2.75) is 39.2 Å². The summed E-state index contributed by atoms with van der Waals surface area (Å²) in [6.07, 6.45) is 2.45. The zero-order valence-corrected chi connectivity index (χ0v) is 8.23. The molecule has 1 rings (SSSR count). The van der Waals surface area contributed by atoms with E-state index in [1.54, 1.807) is 0 Å². The standard InChI is InChI=1S/C10H18O3/c1-6(2)8(10(12)13)9(11)7-4-3-5-7/h6-9,11H,3-5H2,1-2H3,(H,12,13). The van der Waals surface area contributed by atoms with Crippen molar-refractivity contribution >= 4 is 5.97 Å². The van der Waals surface area contributed by atoms with Gasteiger partial charge in [0.1, 0.15) is 0 Å². The second-order valence-electron chi connectivity index (χ2n) is 4.29. The van der Waals surface area contributed by atoms with Crippen LogP contribution in [0, 0.1) is 17.8 Å². The molecule has 2 atom stereocenters. The summed E-state index contributed by atoms with van der Waals surface area (Å²) in [6, 6.07) is 0. The lowest BCUT2D eigenvalue weighted by Gasteiger charge is -2.35. The van der Waals surface area contributed by atoms with Gasteiger partial charge in [-0.15, -0.1) is 0 Å². The maximum atomic E-state index is 10.9. The lowest BCUT2D eigenvalue weighted by molar-refractivity contribution is -0.150. The molecule has 0 bridgehead atoms. The van der Waals surface area contributed by atoms with E-state index in [2.05, 4.69) is 0 Å². The highest BCUT2D eigenvalue weighted by Crippen LogP contribution is 2.34. The first-order valence-corrected chi connectivity index (χ1v) is 4.95. The largest absolute Gasteiger partial charge is 0.481 e. The highest BCUT2D eigenvalue weighted by atomic mass is 16.4. The van der Waals surface area contributed by atoms with Crippen molar-refractivity contribution in [3.63, 3.8) is 0 Å². The molecule has 0 saturated heterocycles. The molecular formula is C10H18O3. The number of carboxylic acid groups (broad SMARTS) is 1.